The minimum absolute atomic E-state index is 1.03. The predicted molar refractivity (Wildman–Crippen MR) is 38.3 cm³/mol. The molecule has 0 aromatic heterocycles. The highest BCUT2D eigenvalue weighted by atomic mass is 32.2. The monoisotopic (exact) mass is 138 g/mol. The van der Waals surface area contributed by atoms with Crippen molar-refractivity contribution < 1.29 is 4.74 Å². The molecule has 1 nitrogen and oxygen atoms in total. The molecule has 0 saturated carbocycles. The van der Waals surface area contributed by atoms with Gasteiger partial charge >= 0.3 is 0 Å². The summed E-state index contributed by atoms with van der Waals surface area (Å²) in [5.41, 5.74) is 0. The van der Waals surface area contributed by atoms with E-state index in [4.69, 9.17) is 4.74 Å². The number of hydrogen-bond donors (Lipinski definition) is 0. The molecule has 0 atom stereocenters. The summed E-state index contributed by atoms with van der Waals surface area (Å²) in [6.45, 7) is 0. The first-order valence-electron chi connectivity index (χ1n) is 2.76. The van der Waals surface area contributed by atoms with Gasteiger partial charge in [-0.1, -0.05) is 6.07 Å². The van der Waals surface area contributed by atoms with E-state index in [1.807, 2.05) is 18.2 Å². The zero-order chi connectivity index (χ0) is 6.27. The van der Waals surface area contributed by atoms with E-state index < -0.39 is 0 Å². The van der Waals surface area contributed by atoms with Crippen LogP contribution in [0.3, 0.4) is 0 Å². The Morgan fingerprint density at radius 3 is 2.33 bits per heavy atom. The van der Waals surface area contributed by atoms with Crippen molar-refractivity contribution in [2.75, 3.05) is 6.26 Å². The lowest BCUT2D eigenvalue weighted by Crippen LogP contribution is -1.97. The number of rotatable bonds is 1. The second kappa shape index (κ2) is 1.67. The van der Waals surface area contributed by atoms with E-state index in [-0.39, 0.29) is 0 Å². The Kier molecular flexibility index (Phi) is 0.963. The lowest BCUT2D eigenvalue weighted by molar-refractivity contribution is 0.401. The Morgan fingerprint density at radius 2 is 2.00 bits per heavy atom. The lowest BCUT2D eigenvalue weighted by Gasteiger charge is -2.21. The van der Waals surface area contributed by atoms with Crippen LogP contribution in [-0.2, 0) is 0 Å². The van der Waals surface area contributed by atoms with Crippen LogP contribution in [0.4, 0.5) is 0 Å². The molecule has 0 N–H and O–H groups in total. The first kappa shape index (κ1) is 5.18. The highest BCUT2D eigenvalue weighted by Gasteiger charge is 2.19. The van der Waals surface area contributed by atoms with E-state index in [0.717, 1.165) is 11.5 Å². The second-order valence-electron chi connectivity index (χ2n) is 1.89. The van der Waals surface area contributed by atoms with Crippen molar-refractivity contribution in [3.8, 4) is 11.5 Å². The fourth-order valence-electron chi connectivity index (χ4n) is 0.930. The largest absolute Gasteiger partial charge is 0.455 e. The van der Waals surface area contributed by atoms with E-state index in [2.05, 4.69) is 6.26 Å². The average Bonchev–Trinajstić information content (AvgIpc) is 1.90. The van der Waals surface area contributed by atoms with Gasteiger partial charge in [0.2, 0.25) is 0 Å². The lowest BCUT2D eigenvalue weighted by atomic mass is 10.2. The van der Waals surface area contributed by atoms with Crippen LogP contribution < -0.4 is 4.74 Å². The van der Waals surface area contributed by atoms with Crippen molar-refractivity contribution in [1.29, 1.82) is 0 Å². The summed E-state index contributed by atoms with van der Waals surface area (Å²) in [5, 5.41) is 0. The Labute approximate surface area is 58.0 Å². The van der Waals surface area contributed by atoms with Gasteiger partial charge in [-0.05, 0) is 18.4 Å². The second-order valence-corrected chi connectivity index (χ2v) is 2.71. The van der Waals surface area contributed by atoms with Crippen molar-refractivity contribution in [2.45, 2.75) is 4.90 Å². The molecule has 2 heteroatoms. The Morgan fingerprint density at radius 1 is 1.33 bits per heavy atom. The first-order valence-corrected chi connectivity index (χ1v) is 3.99. The molecular formula is C7H6OS. The molecule has 2 bridgehead atoms. The van der Waals surface area contributed by atoms with Crippen LogP contribution in [-0.4, -0.2) is 6.26 Å². The molecule has 2 heterocycles. The third kappa shape index (κ3) is 0.566. The molecule has 9 heavy (non-hydrogen) atoms. The molecule has 0 fully saturated rings. The van der Waals surface area contributed by atoms with Gasteiger partial charge in [-0.2, -0.15) is 0 Å². The maximum atomic E-state index is 5.21. The SMILES string of the molecule is CSc1c2cccc1O2. The molecule has 0 saturated heterocycles. The van der Waals surface area contributed by atoms with Gasteiger partial charge in [0.25, 0.3) is 0 Å². The molecule has 0 spiro atoms. The molecule has 0 radical (unpaired) electrons. The molecule has 2 aliphatic heterocycles. The molecule has 2 aliphatic rings. The van der Waals surface area contributed by atoms with Crippen LogP contribution in [0.25, 0.3) is 0 Å². The van der Waals surface area contributed by atoms with Crippen molar-refractivity contribution in [2.24, 2.45) is 0 Å². The maximum absolute atomic E-state index is 5.21. The zero-order valence-corrected chi connectivity index (χ0v) is 5.87. The number of fused-ring (bicyclic) bond motifs is 2. The quantitative estimate of drug-likeness (QED) is 0.560. The van der Waals surface area contributed by atoms with Crippen LogP contribution in [0.5, 0.6) is 11.5 Å². The number of benzene rings is 1. The van der Waals surface area contributed by atoms with Crippen molar-refractivity contribution >= 4 is 11.8 Å². The first-order chi connectivity index (χ1) is 4.42. The summed E-state index contributed by atoms with van der Waals surface area (Å²) in [5.74, 6) is 2.06. The van der Waals surface area contributed by atoms with Crippen LogP contribution in [0.2, 0.25) is 0 Å². The van der Waals surface area contributed by atoms with Crippen molar-refractivity contribution in [1.82, 2.24) is 0 Å². The molecular weight excluding hydrogens is 132 g/mol. The Bertz CT molecular complexity index is 224. The standard InChI is InChI=1S/C7H6OS/c1-9-7-5-3-2-4-6(7)8-5/h2-4H,1H3. The van der Waals surface area contributed by atoms with E-state index in [1.54, 1.807) is 11.8 Å². The van der Waals surface area contributed by atoms with E-state index in [1.165, 1.54) is 4.90 Å². The normalized spacial score (nSPS) is 12.1. The van der Waals surface area contributed by atoms with Gasteiger partial charge in [-0.25, -0.2) is 0 Å². The van der Waals surface area contributed by atoms with E-state index in [9.17, 15) is 0 Å². The zero-order valence-electron chi connectivity index (χ0n) is 5.05. The summed E-state index contributed by atoms with van der Waals surface area (Å²) in [4.78, 5) is 1.29. The Hall–Kier alpha value is -0.630. The van der Waals surface area contributed by atoms with Gasteiger partial charge in [0.05, 0.1) is 4.90 Å². The topological polar surface area (TPSA) is 9.23 Å². The van der Waals surface area contributed by atoms with Crippen molar-refractivity contribution in [3.63, 3.8) is 0 Å². The molecule has 0 amide bonds. The van der Waals surface area contributed by atoms with Gasteiger partial charge in [-0.15, -0.1) is 11.8 Å². The summed E-state index contributed by atoms with van der Waals surface area (Å²) in [6.07, 6.45) is 2.06. The highest BCUT2D eigenvalue weighted by Crippen LogP contribution is 2.47. The van der Waals surface area contributed by atoms with Crippen molar-refractivity contribution in [3.05, 3.63) is 18.2 Å². The molecule has 3 rings (SSSR count). The van der Waals surface area contributed by atoms with Crippen LogP contribution in [0.15, 0.2) is 23.1 Å². The highest BCUT2D eigenvalue weighted by molar-refractivity contribution is 7.98. The number of thioether (sulfide) groups is 1. The maximum Gasteiger partial charge on any atom is 0.144 e. The fourth-order valence-corrected chi connectivity index (χ4v) is 1.55. The van der Waals surface area contributed by atoms with Gasteiger partial charge in [-0.3, -0.25) is 0 Å². The summed E-state index contributed by atoms with van der Waals surface area (Å²) >= 11 is 1.74. The number of ether oxygens (including phenoxy) is 1. The van der Waals surface area contributed by atoms with Crippen LogP contribution in [0, 0.1) is 0 Å². The third-order valence-corrected chi connectivity index (χ3v) is 2.18. The Balaban J connectivity index is 2.55. The molecule has 0 aliphatic carbocycles. The summed E-state index contributed by atoms with van der Waals surface area (Å²) in [6, 6.07) is 5.98. The van der Waals surface area contributed by atoms with E-state index >= 15 is 0 Å². The van der Waals surface area contributed by atoms with Gasteiger partial charge in [0.15, 0.2) is 0 Å². The minimum Gasteiger partial charge on any atom is -0.455 e. The van der Waals surface area contributed by atoms with Crippen LogP contribution >= 0.6 is 11.8 Å². The summed E-state index contributed by atoms with van der Waals surface area (Å²) < 4.78 is 5.21. The van der Waals surface area contributed by atoms with E-state index in [0.29, 0.717) is 0 Å². The number of hydrogen-bond acceptors (Lipinski definition) is 2. The predicted octanol–water partition coefficient (Wildman–Crippen LogP) is 2.51. The average molecular weight is 138 g/mol. The van der Waals surface area contributed by atoms with Gasteiger partial charge in [0.1, 0.15) is 11.5 Å². The smallest absolute Gasteiger partial charge is 0.144 e. The fraction of sp³-hybridized carbons (Fsp3) is 0.143. The molecule has 46 valence electrons. The minimum atomic E-state index is 1.03. The molecule has 1 aromatic carbocycles. The molecule has 0 unspecified atom stereocenters. The molecule has 1 aromatic rings. The van der Waals surface area contributed by atoms with Gasteiger partial charge in [0, 0.05) is 0 Å². The third-order valence-electron chi connectivity index (χ3n) is 1.37. The van der Waals surface area contributed by atoms with Gasteiger partial charge < -0.3 is 4.74 Å². The summed E-state index contributed by atoms with van der Waals surface area (Å²) in [7, 11) is 0. The van der Waals surface area contributed by atoms with Crippen LogP contribution in [0.1, 0.15) is 0 Å².